The van der Waals surface area contributed by atoms with Crippen molar-refractivity contribution in [2.45, 2.75) is 12.5 Å². The third-order valence-electron chi connectivity index (χ3n) is 6.57. The largest absolute Gasteiger partial charge is 0.459 e. The Labute approximate surface area is 223 Å². The van der Waals surface area contributed by atoms with Crippen molar-refractivity contribution in [3.63, 3.8) is 0 Å². The summed E-state index contributed by atoms with van der Waals surface area (Å²) in [5, 5.41) is 19.3. The van der Waals surface area contributed by atoms with Crippen LogP contribution in [-0.2, 0) is 9.53 Å². The van der Waals surface area contributed by atoms with E-state index in [4.69, 9.17) is 9.15 Å². The SMILES string of the molecule is O=C(c1ccco1)N(CCN1CCOCC1)CC(=O)N1N=C(c2cccs2)CC1c1cccc([N+](=O)[O-])c1. The monoisotopic (exact) mass is 537 g/mol. The Kier molecular flexibility index (Phi) is 7.91. The van der Waals surface area contributed by atoms with E-state index in [1.54, 1.807) is 24.3 Å². The minimum atomic E-state index is -0.528. The maximum Gasteiger partial charge on any atom is 0.290 e. The summed E-state index contributed by atoms with van der Waals surface area (Å²) in [6, 6.07) is 12.8. The molecule has 1 unspecified atom stereocenters. The molecule has 1 fully saturated rings. The molecule has 0 radical (unpaired) electrons. The molecule has 0 bridgehead atoms. The Balaban J connectivity index is 1.39. The van der Waals surface area contributed by atoms with E-state index in [-0.39, 0.29) is 29.8 Å². The van der Waals surface area contributed by atoms with Gasteiger partial charge in [0.25, 0.3) is 17.5 Å². The number of non-ortho nitro benzene ring substituents is 1. The van der Waals surface area contributed by atoms with Gasteiger partial charge in [-0.15, -0.1) is 11.3 Å². The number of nitro benzene ring substituents is 1. The number of nitrogens with zero attached hydrogens (tertiary/aromatic N) is 5. The molecular weight excluding hydrogens is 510 g/mol. The number of ether oxygens (including phenoxy) is 1. The van der Waals surface area contributed by atoms with E-state index in [2.05, 4.69) is 10.0 Å². The van der Waals surface area contributed by atoms with Gasteiger partial charge < -0.3 is 14.1 Å². The van der Waals surface area contributed by atoms with Crippen LogP contribution in [0, 0.1) is 10.1 Å². The molecule has 12 heteroatoms. The van der Waals surface area contributed by atoms with E-state index in [1.165, 1.54) is 39.6 Å². The summed E-state index contributed by atoms with van der Waals surface area (Å²) >= 11 is 1.51. The Bertz CT molecular complexity index is 1300. The van der Waals surface area contributed by atoms with Crippen LogP contribution in [0.3, 0.4) is 0 Å². The Morgan fingerprint density at radius 3 is 2.71 bits per heavy atom. The molecule has 2 aromatic heterocycles. The van der Waals surface area contributed by atoms with E-state index in [9.17, 15) is 19.7 Å². The molecule has 38 heavy (non-hydrogen) atoms. The second-order valence-corrected chi connectivity index (χ2v) is 9.94. The summed E-state index contributed by atoms with van der Waals surface area (Å²) < 4.78 is 10.7. The van der Waals surface area contributed by atoms with Crippen LogP contribution in [0.4, 0.5) is 5.69 Å². The van der Waals surface area contributed by atoms with Gasteiger partial charge in [-0.1, -0.05) is 18.2 Å². The fraction of sp³-hybridized carbons (Fsp3) is 0.346. The number of carbonyl (C=O) groups excluding carboxylic acids is 2. The fourth-order valence-electron chi connectivity index (χ4n) is 4.57. The van der Waals surface area contributed by atoms with Crippen molar-refractivity contribution in [1.29, 1.82) is 0 Å². The summed E-state index contributed by atoms with van der Waals surface area (Å²) in [5.74, 6) is -0.612. The van der Waals surface area contributed by atoms with Crippen LogP contribution >= 0.6 is 11.3 Å². The molecule has 1 saturated heterocycles. The van der Waals surface area contributed by atoms with Gasteiger partial charge in [-0.2, -0.15) is 5.10 Å². The third kappa shape index (κ3) is 5.82. The molecule has 2 aliphatic rings. The first-order valence-corrected chi connectivity index (χ1v) is 13.2. The Morgan fingerprint density at radius 1 is 1.16 bits per heavy atom. The lowest BCUT2D eigenvalue weighted by molar-refractivity contribution is -0.385. The predicted molar refractivity (Wildman–Crippen MR) is 140 cm³/mol. The topological polar surface area (TPSA) is 122 Å². The maximum atomic E-state index is 13.7. The van der Waals surface area contributed by atoms with E-state index in [1.807, 2.05) is 17.5 Å². The fourth-order valence-corrected chi connectivity index (χ4v) is 5.29. The van der Waals surface area contributed by atoms with Crippen LogP contribution in [0.1, 0.15) is 33.5 Å². The van der Waals surface area contributed by atoms with E-state index >= 15 is 0 Å². The van der Waals surface area contributed by atoms with Gasteiger partial charge in [0.2, 0.25) is 0 Å². The van der Waals surface area contributed by atoms with Crippen LogP contribution in [0.2, 0.25) is 0 Å². The average Bonchev–Trinajstić information content (AvgIpc) is 3.73. The number of hydrogen-bond donors (Lipinski definition) is 0. The number of amides is 2. The number of rotatable bonds is 9. The number of hydrazone groups is 1. The molecule has 2 aliphatic heterocycles. The smallest absolute Gasteiger partial charge is 0.290 e. The van der Waals surface area contributed by atoms with Crippen molar-refractivity contribution in [2.24, 2.45) is 5.10 Å². The van der Waals surface area contributed by atoms with Gasteiger partial charge in [0.15, 0.2) is 5.76 Å². The molecule has 5 rings (SSSR count). The van der Waals surface area contributed by atoms with E-state index < -0.39 is 11.0 Å². The third-order valence-corrected chi connectivity index (χ3v) is 7.49. The minimum absolute atomic E-state index is 0.0559. The number of thiophene rings is 1. The molecule has 11 nitrogen and oxygen atoms in total. The van der Waals surface area contributed by atoms with Crippen molar-refractivity contribution < 1.29 is 23.7 Å². The van der Waals surface area contributed by atoms with E-state index in [0.717, 1.165) is 23.7 Å². The van der Waals surface area contributed by atoms with Gasteiger partial charge in [-0.3, -0.25) is 24.6 Å². The van der Waals surface area contributed by atoms with Crippen molar-refractivity contribution in [1.82, 2.24) is 14.8 Å². The van der Waals surface area contributed by atoms with Crippen LogP contribution in [0.5, 0.6) is 0 Å². The number of carbonyl (C=O) groups is 2. The van der Waals surface area contributed by atoms with Crippen LogP contribution in [0.15, 0.2) is 69.7 Å². The lowest BCUT2D eigenvalue weighted by Crippen LogP contribution is -2.46. The zero-order valence-electron chi connectivity index (χ0n) is 20.6. The molecule has 0 N–H and O–H groups in total. The normalized spacial score (nSPS) is 17.8. The molecule has 1 atom stereocenters. The molecular formula is C26H27N5O6S. The Hall–Kier alpha value is -3.87. The van der Waals surface area contributed by atoms with Gasteiger partial charge in [0.1, 0.15) is 6.54 Å². The average molecular weight is 538 g/mol. The van der Waals surface area contributed by atoms with Crippen LogP contribution in [0.25, 0.3) is 0 Å². The lowest BCUT2D eigenvalue weighted by atomic mass is 10.0. The van der Waals surface area contributed by atoms with Crippen LogP contribution in [-0.4, -0.2) is 83.2 Å². The van der Waals surface area contributed by atoms with Gasteiger partial charge >= 0.3 is 0 Å². The molecule has 3 aromatic rings. The number of furan rings is 1. The van der Waals surface area contributed by atoms with Gasteiger partial charge in [0, 0.05) is 44.7 Å². The number of morpholine rings is 1. The Morgan fingerprint density at radius 2 is 2.00 bits per heavy atom. The van der Waals surface area contributed by atoms with Crippen molar-refractivity contribution in [3.8, 4) is 0 Å². The highest BCUT2D eigenvalue weighted by atomic mass is 32.1. The second-order valence-electron chi connectivity index (χ2n) is 8.99. The predicted octanol–water partition coefficient (Wildman–Crippen LogP) is 3.40. The zero-order valence-corrected chi connectivity index (χ0v) is 21.4. The molecule has 0 spiro atoms. The maximum absolute atomic E-state index is 13.7. The van der Waals surface area contributed by atoms with Gasteiger partial charge in [-0.05, 0) is 29.1 Å². The standard InChI is InChI=1S/C26H27N5O6S/c32-25(18-29(26(33)23-6-2-12-37-23)9-8-28-10-13-36-14-11-28)30-22(17-21(27-30)24-7-3-15-38-24)19-4-1-5-20(16-19)31(34)35/h1-7,12,15-16,22H,8-11,13-14,17-18H2. The van der Waals surface area contributed by atoms with Crippen LogP contribution < -0.4 is 0 Å². The van der Waals surface area contributed by atoms with Gasteiger partial charge in [0.05, 0.1) is 41.0 Å². The van der Waals surface area contributed by atoms with E-state index in [0.29, 0.717) is 38.3 Å². The zero-order chi connectivity index (χ0) is 26.5. The summed E-state index contributed by atoms with van der Waals surface area (Å²) in [6.45, 7) is 3.46. The lowest BCUT2D eigenvalue weighted by Gasteiger charge is -2.30. The summed E-state index contributed by atoms with van der Waals surface area (Å²) in [7, 11) is 0. The minimum Gasteiger partial charge on any atom is -0.459 e. The molecule has 0 aliphatic carbocycles. The first kappa shape index (κ1) is 25.8. The molecule has 1 aromatic carbocycles. The first-order chi connectivity index (χ1) is 18.5. The van der Waals surface area contributed by atoms with Gasteiger partial charge in [-0.25, -0.2) is 5.01 Å². The molecule has 2 amide bonds. The molecule has 4 heterocycles. The highest BCUT2D eigenvalue weighted by Gasteiger charge is 2.35. The molecule has 0 saturated carbocycles. The highest BCUT2D eigenvalue weighted by Crippen LogP contribution is 2.35. The summed E-state index contributed by atoms with van der Waals surface area (Å²) in [4.78, 5) is 42.5. The number of benzene rings is 1. The first-order valence-electron chi connectivity index (χ1n) is 12.3. The molecule has 198 valence electrons. The summed E-state index contributed by atoms with van der Waals surface area (Å²) in [5.41, 5.74) is 1.28. The number of nitro groups is 1. The van der Waals surface area contributed by atoms with Crippen molar-refractivity contribution >= 4 is 34.6 Å². The van der Waals surface area contributed by atoms with Crippen molar-refractivity contribution in [3.05, 3.63) is 86.5 Å². The highest BCUT2D eigenvalue weighted by molar-refractivity contribution is 7.12. The van der Waals surface area contributed by atoms with Crippen molar-refractivity contribution in [2.75, 3.05) is 45.9 Å². The quantitative estimate of drug-likeness (QED) is 0.303. The summed E-state index contributed by atoms with van der Waals surface area (Å²) in [6.07, 6.45) is 1.83. The number of hydrogen-bond acceptors (Lipinski definition) is 9. The second kappa shape index (κ2) is 11.7.